The lowest BCUT2D eigenvalue weighted by Crippen LogP contribution is -2.34. The monoisotopic (exact) mass is 382 g/mol. The van der Waals surface area contributed by atoms with Gasteiger partial charge in [-0.05, 0) is 43.9 Å². The molecular formula is C19H18N4O3S. The molecule has 1 unspecified atom stereocenters. The zero-order chi connectivity index (χ0) is 18.5. The Kier molecular flexibility index (Phi) is 3.75. The van der Waals surface area contributed by atoms with E-state index in [1.165, 1.54) is 4.90 Å². The number of nitrogens with zero attached hydrogens (tertiary/aromatic N) is 3. The number of rotatable bonds is 3. The number of nitrogens with one attached hydrogen (secondary N) is 1. The van der Waals surface area contributed by atoms with E-state index in [0.717, 1.165) is 30.7 Å². The zero-order valence-electron chi connectivity index (χ0n) is 14.6. The number of imide groups is 1. The van der Waals surface area contributed by atoms with Gasteiger partial charge in [0, 0.05) is 29.9 Å². The molecule has 0 radical (unpaired) electrons. The maximum absolute atomic E-state index is 12.8. The number of thiazole rings is 1. The van der Waals surface area contributed by atoms with E-state index >= 15 is 0 Å². The Morgan fingerprint density at radius 2 is 1.96 bits per heavy atom. The maximum Gasteiger partial charge on any atom is 0.322 e. The van der Waals surface area contributed by atoms with E-state index in [-0.39, 0.29) is 29.9 Å². The molecule has 1 aromatic carbocycles. The molecule has 5 rings (SSSR count). The molecule has 3 heterocycles. The van der Waals surface area contributed by atoms with Crippen LogP contribution in [0.5, 0.6) is 0 Å². The van der Waals surface area contributed by atoms with Crippen molar-refractivity contribution in [1.82, 2.24) is 14.8 Å². The minimum Gasteiger partial charge on any atom is -0.315 e. The molecule has 1 aliphatic carbocycles. The van der Waals surface area contributed by atoms with E-state index in [0.29, 0.717) is 23.4 Å². The summed E-state index contributed by atoms with van der Waals surface area (Å²) >= 11 is 1.55. The van der Waals surface area contributed by atoms with Crippen LogP contribution in [-0.4, -0.2) is 45.2 Å². The lowest BCUT2D eigenvalue weighted by atomic mass is 10.1. The normalized spacial score (nSPS) is 21.7. The van der Waals surface area contributed by atoms with Gasteiger partial charge in [-0.2, -0.15) is 0 Å². The molecule has 4 amide bonds. The second kappa shape index (κ2) is 6.16. The summed E-state index contributed by atoms with van der Waals surface area (Å²) in [4.78, 5) is 45.2. The van der Waals surface area contributed by atoms with Gasteiger partial charge in [0.2, 0.25) is 0 Å². The first-order valence-electron chi connectivity index (χ1n) is 9.12. The highest BCUT2D eigenvalue weighted by molar-refractivity contribution is 7.09. The van der Waals surface area contributed by atoms with Gasteiger partial charge in [-0.15, -0.1) is 11.3 Å². The van der Waals surface area contributed by atoms with Gasteiger partial charge < -0.3 is 10.2 Å². The van der Waals surface area contributed by atoms with Crippen LogP contribution in [0.15, 0.2) is 29.8 Å². The van der Waals surface area contributed by atoms with Crippen LogP contribution in [0, 0.1) is 0 Å². The second-order valence-corrected chi connectivity index (χ2v) is 8.05. The van der Waals surface area contributed by atoms with Crippen molar-refractivity contribution in [2.24, 2.45) is 0 Å². The number of carbonyl (C=O) groups excluding carboxylic acids is 3. The molecule has 1 saturated carbocycles. The number of urea groups is 1. The van der Waals surface area contributed by atoms with Crippen molar-refractivity contribution in [3.8, 4) is 0 Å². The van der Waals surface area contributed by atoms with Gasteiger partial charge in [-0.3, -0.25) is 14.5 Å². The number of carbonyl (C=O) groups is 3. The molecule has 1 aromatic heterocycles. The lowest BCUT2D eigenvalue weighted by Gasteiger charge is -2.23. The van der Waals surface area contributed by atoms with Gasteiger partial charge in [-0.1, -0.05) is 0 Å². The number of hydrogen-bond acceptors (Lipinski definition) is 5. The Balaban J connectivity index is 1.35. The van der Waals surface area contributed by atoms with E-state index in [1.807, 2.05) is 5.38 Å². The minimum atomic E-state index is -0.254. The Morgan fingerprint density at radius 1 is 1.15 bits per heavy atom. The first-order valence-corrected chi connectivity index (χ1v) is 10.0. The van der Waals surface area contributed by atoms with Crippen molar-refractivity contribution in [1.29, 1.82) is 0 Å². The summed E-state index contributed by atoms with van der Waals surface area (Å²) in [6.45, 7) is 0.674. The van der Waals surface area contributed by atoms with Crippen LogP contribution in [0.4, 0.5) is 10.5 Å². The molecule has 1 atom stereocenters. The van der Waals surface area contributed by atoms with Crippen LogP contribution in [0.3, 0.4) is 0 Å². The van der Waals surface area contributed by atoms with Crippen molar-refractivity contribution >= 4 is 34.9 Å². The van der Waals surface area contributed by atoms with Crippen LogP contribution in [0.2, 0.25) is 0 Å². The summed E-state index contributed by atoms with van der Waals surface area (Å²) in [6.07, 6.45) is 5.34. The van der Waals surface area contributed by atoms with Crippen molar-refractivity contribution < 1.29 is 14.4 Å². The molecule has 2 aromatic rings. The molecule has 3 aliphatic rings. The predicted molar refractivity (Wildman–Crippen MR) is 99.8 cm³/mol. The first kappa shape index (κ1) is 16.4. The fourth-order valence-corrected chi connectivity index (χ4v) is 4.65. The highest BCUT2D eigenvalue weighted by atomic mass is 32.1. The first-order chi connectivity index (χ1) is 13.1. The van der Waals surface area contributed by atoms with E-state index in [9.17, 15) is 14.4 Å². The fraction of sp³-hybridized carbons (Fsp3) is 0.368. The zero-order valence-corrected chi connectivity index (χ0v) is 15.4. The van der Waals surface area contributed by atoms with Gasteiger partial charge in [-0.25, -0.2) is 9.78 Å². The largest absolute Gasteiger partial charge is 0.322 e. The standard InChI is InChI=1S/C19H18N4O3S/c24-17-13-6-3-11(10-14(13)18(25)23(17)12-4-5-12)21-19(26)22-8-1-2-15(22)16-20-7-9-27-16/h3,6-7,9-10,12,15H,1-2,4-5,8H2,(H,21,26). The van der Waals surface area contributed by atoms with Crippen LogP contribution in [0.25, 0.3) is 0 Å². The SMILES string of the molecule is O=C(Nc1ccc2c(c1)C(=O)N(C1CC1)C2=O)N1CCCC1c1nccs1. The molecule has 2 fully saturated rings. The van der Waals surface area contributed by atoms with Gasteiger partial charge in [0.25, 0.3) is 11.8 Å². The number of amides is 4. The molecule has 1 saturated heterocycles. The fourth-order valence-electron chi connectivity index (χ4n) is 3.86. The number of likely N-dealkylation sites (tertiary alicyclic amines) is 1. The number of aromatic nitrogens is 1. The van der Waals surface area contributed by atoms with E-state index in [4.69, 9.17) is 0 Å². The van der Waals surface area contributed by atoms with Gasteiger partial charge in [0.15, 0.2) is 0 Å². The van der Waals surface area contributed by atoms with Crippen molar-refractivity contribution in [2.45, 2.75) is 37.8 Å². The predicted octanol–water partition coefficient (Wildman–Crippen LogP) is 3.27. The van der Waals surface area contributed by atoms with E-state index < -0.39 is 0 Å². The third-order valence-electron chi connectivity index (χ3n) is 5.33. The van der Waals surface area contributed by atoms with Crippen molar-refractivity contribution in [3.05, 3.63) is 45.9 Å². The quantitative estimate of drug-likeness (QED) is 0.826. The summed E-state index contributed by atoms with van der Waals surface area (Å²) in [5.41, 5.74) is 1.33. The summed E-state index contributed by atoms with van der Waals surface area (Å²) in [7, 11) is 0. The molecule has 1 N–H and O–H groups in total. The topological polar surface area (TPSA) is 82.6 Å². The number of anilines is 1. The van der Waals surface area contributed by atoms with Crippen molar-refractivity contribution in [2.75, 3.05) is 11.9 Å². The summed E-state index contributed by atoms with van der Waals surface area (Å²) < 4.78 is 0. The Morgan fingerprint density at radius 3 is 2.70 bits per heavy atom. The van der Waals surface area contributed by atoms with Crippen LogP contribution in [0.1, 0.15) is 57.4 Å². The summed E-state index contributed by atoms with van der Waals surface area (Å²) in [6, 6.07) is 4.77. The van der Waals surface area contributed by atoms with Gasteiger partial charge >= 0.3 is 6.03 Å². The molecule has 0 spiro atoms. The number of fused-ring (bicyclic) bond motifs is 1. The Hall–Kier alpha value is -2.74. The Bertz CT molecular complexity index is 938. The van der Waals surface area contributed by atoms with Crippen LogP contribution in [-0.2, 0) is 0 Å². The summed E-state index contributed by atoms with van der Waals surface area (Å²) in [5.74, 6) is -0.478. The van der Waals surface area contributed by atoms with Gasteiger partial charge in [0.05, 0.1) is 17.2 Å². The van der Waals surface area contributed by atoms with E-state index in [2.05, 4.69) is 10.3 Å². The average Bonchev–Trinajstić information content (AvgIpc) is 3.09. The minimum absolute atomic E-state index is 0.00649. The van der Waals surface area contributed by atoms with Crippen LogP contribution < -0.4 is 5.32 Å². The smallest absolute Gasteiger partial charge is 0.315 e. The van der Waals surface area contributed by atoms with Crippen molar-refractivity contribution in [3.63, 3.8) is 0 Å². The Labute approximate surface area is 160 Å². The molecule has 8 heteroatoms. The molecule has 27 heavy (non-hydrogen) atoms. The van der Waals surface area contributed by atoms with Crippen LogP contribution >= 0.6 is 11.3 Å². The lowest BCUT2D eigenvalue weighted by molar-refractivity contribution is 0.0642. The third kappa shape index (κ3) is 2.71. The second-order valence-electron chi connectivity index (χ2n) is 7.12. The highest BCUT2D eigenvalue weighted by Crippen LogP contribution is 2.36. The third-order valence-corrected chi connectivity index (χ3v) is 6.21. The maximum atomic E-state index is 12.8. The highest BCUT2D eigenvalue weighted by Gasteiger charge is 2.44. The number of hydrogen-bond donors (Lipinski definition) is 1. The van der Waals surface area contributed by atoms with E-state index in [1.54, 1.807) is 40.6 Å². The molecule has 138 valence electrons. The summed E-state index contributed by atoms with van der Waals surface area (Å²) in [5, 5.41) is 5.74. The molecule has 0 bridgehead atoms. The van der Waals surface area contributed by atoms with Gasteiger partial charge in [0.1, 0.15) is 5.01 Å². The molecule has 7 nitrogen and oxygen atoms in total. The molecule has 2 aliphatic heterocycles. The molecular weight excluding hydrogens is 364 g/mol. The number of benzene rings is 1. The average molecular weight is 382 g/mol.